The predicted octanol–water partition coefficient (Wildman–Crippen LogP) is 5.65. The van der Waals surface area contributed by atoms with Crippen LogP contribution in [0.2, 0.25) is 5.02 Å². The zero-order valence-corrected chi connectivity index (χ0v) is 25.3. The number of nitrogens with zero attached hydrogens (tertiary/aromatic N) is 1. The van der Waals surface area contributed by atoms with Gasteiger partial charge in [-0.25, -0.2) is 13.1 Å². The molecule has 6 rings (SSSR count). The third kappa shape index (κ3) is 5.39. The van der Waals surface area contributed by atoms with Crippen LogP contribution in [0.25, 0.3) is 0 Å². The average Bonchev–Trinajstić information content (AvgIpc) is 3.08. The van der Waals surface area contributed by atoms with Gasteiger partial charge in [-0.3, -0.25) is 4.79 Å². The summed E-state index contributed by atoms with van der Waals surface area (Å²) in [5.41, 5.74) is 3.49. The molecule has 2 aliphatic carbocycles. The van der Waals surface area contributed by atoms with Gasteiger partial charge in [0.15, 0.2) is 0 Å². The molecule has 0 radical (unpaired) electrons. The Morgan fingerprint density at radius 2 is 2.05 bits per heavy atom. The second-order valence-corrected chi connectivity index (χ2v) is 14.6. The summed E-state index contributed by atoms with van der Waals surface area (Å²) in [5.74, 6) is 0.839. The molecule has 7 nitrogen and oxygen atoms in total. The van der Waals surface area contributed by atoms with Crippen LogP contribution in [0.15, 0.2) is 48.6 Å². The molecule has 0 unspecified atom stereocenters. The van der Waals surface area contributed by atoms with Crippen LogP contribution >= 0.6 is 11.6 Å². The van der Waals surface area contributed by atoms with Gasteiger partial charge in [0.25, 0.3) is 5.91 Å². The van der Waals surface area contributed by atoms with Crippen LogP contribution < -0.4 is 14.4 Å². The molecule has 2 aromatic carbocycles. The van der Waals surface area contributed by atoms with E-state index in [0.29, 0.717) is 36.8 Å². The number of ether oxygens (including phenoxy) is 2. The Kier molecular flexibility index (Phi) is 7.85. The molecule has 0 aromatic heterocycles. The van der Waals surface area contributed by atoms with Gasteiger partial charge in [-0.2, -0.15) is 0 Å². The third-order valence-corrected chi connectivity index (χ3v) is 11.9. The van der Waals surface area contributed by atoms with Crippen LogP contribution in [0.1, 0.15) is 66.9 Å². The van der Waals surface area contributed by atoms with Gasteiger partial charge in [0, 0.05) is 36.2 Å². The molecule has 0 saturated heterocycles. The topological polar surface area (TPSA) is 84.9 Å². The molecule has 2 bridgehead atoms. The first-order valence-electron chi connectivity index (χ1n) is 14.8. The Morgan fingerprint density at radius 1 is 1.20 bits per heavy atom. The first-order valence-corrected chi connectivity index (χ1v) is 16.7. The molecule has 5 atom stereocenters. The zero-order valence-electron chi connectivity index (χ0n) is 23.8. The van der Waals surface area contributed by atoms with Crippen molar-refractivity contribution in [3.63, 3.8) is 0 Å². The minimum atomic E-state index is -3.87. The van der Waals surface area contributed by atoms with Gasteiger partial charge in [-0.1, -0.05) is 36.7 Å². The van der Waals surface area contributed by atoms with Crippen LogP contribution in [0, 0.1) is 11.8 Å². The Bertz CT molecular complexity index is 1460. The van der Waals surface area contributed by atoms with Crippen molar-refractivity contribution in [3.05, 3.63) is 70.3 Å². The molecule has 41 heavy (non-hydrogen) atoms. The summed E-state index contributed by atoms with van der Waals surface area (Å²) in [5, 5.41) is 0.0441. The molecule has 1 spiro atoms. The Morgan fingerprint density at radius 3 is 2.80 bits per heavy atom. The SMILES string of the molecule is CC[C@@H]1C/C=C\[C@H](OC)[C@@H]2CC[C@H]2CN2C[C@@]3(CCCc4cc(Cl)ccc43)COc3ccc(cc32)C(=O)NS1(=O)=O. The molecular weight excluding hydrogens is 560 g/mol. The summed E-state index contributed by atoms with van der Waals surface area (Å²) in [4.78, 5) is 15.7. The highest BCUT2D eigenvalue weighted by atomic mass is 35.5. The molecule has 2 heterocycles. The molecule has 1 saturated carbocycles. The van der Waals surface area contributed by atoms with Gasteiger partial charge < -0.3 is 14.4 Å². The first kappa shape index (κ1) is 28.6. The van der Waals surface area contributed by atoms with E-state index in [1.165, 1.54) is 11.1 Å². The van der Waals surface area contributed by atoms with E-state index in [0.717, 1.165) is 61.7 Å². The van der Waals surface area contributed by atoms with Gasteiger partial charge in [0.1, 0.15) is 5.75 Å². The molecule has 1 amide bonds. The lowest BCUT2D eigenvalue weighted by atomic mass is 9.68. The van der Waals surface area contributed by atoms with Gasteiger partial charge in [0.05, 0.1) is 23.6 Å². The monoisotopic (exact) mass is 598 g/mol. The minimum Gasteiger partial charge on any atom is -0.490 e. The molecule has 1 fully saturated rings. The summed E-state index contributed by atoms with van der Waals surface area (Å²) < 4.78 is 41.2. The van der Waals surface area contributed by atoms with E-state index in [2.05, 4.69) is 21.8 Å². The zero-order chi connectivity index (χ0) is 28.8. The summed E-state index contributed by atoms with van der Waals surface area (Å²) >= 11 is 6.39. The quantitative estimate of drug-likeness (QED) is 0.450. The molecule has 4 aliphatic rings. The highest BCUT2D eigenvalue weighted by Gasteiger charge is 2.44. The van der Waals surface area contributed by atoms with Crippen LogP contribution in [-0.2, 0) is 26.6 Å². The third-order valence-electron chi connectivity index (χ3n) is 9.78. The first-order chi connectivity index (χ1) is 19.7. The molecule has 1 N–H and O–H groups in total. The van der Waals surface area contributed by atoms with Gasteiger partial charge in [-0.05, 0) is 98.2 Å². The summed E-state index contributed by atoms with van der Waals surface area (Å²) in [6.07, 6.45) is 9.77. The van der Waals surface area contributed by atoms with Crippen molar-refractivity contribution in [2.75, 3.05) is 31.7 Å². The molecule has 2 aliphatic heterocycles. The smallest absolute Gasteiger partial charge is 0.264 e. The Labute approximate surface area is 248 Å². The summed E-state index contributed by atoms with van der Waals surface area (Å²) in [6, 6.07) is 11.5. The van der Waals surface area contributed by atoms with E-state index in [4.69, 9.17) is 21.1 Å². The number of nitrogens with one attached hydrogen (secondary N) is 1. The fourth-order valence-corrected chi connectivity index (χ4v) is 8.88. The van der Waals surface area contributed by atoms with Crippen LogP contribution in [0.3, 0.4) is 0 Å². The maximum Gasteiger partial charge on any atom is 0.264 e. The number of anilines is 1. The van der Waals surface area contributed by atoms with E-state index >= 15 is 0 Å². The number of methoxy groups -OCH3 is 1. The summed E-state index contributed by atoms with van der Waals surface area (Å²) in [7, 11) is -2.14. The Hall–Kier alpha value is -2.55. The number of carbonyl (C=O) groups is 1. The number of carbonyl (C=O) groups excluding carboxylic acids is 1. The number of hydrogen-bond acceptors (Lipinski definition) is 6. The van der Waals surface area contributed by atoms with Crippen molar-refractivity contribution in [2.45, 2.75) is 68.6 Å². The van der Waals surface area contributed by atoms with Crippen molar-refractivity contribution in [1.82, 2.24) is 4.72 Å². The fraction of sp³-hybridized carbons (Fsp3) is 0.531. The number of aryl methyl sites for hydroxylation is 1. The van der Waals surface area contributed by atoms with E-state index in [9.17, 15) is 13.2 Å². The van der Waals surface area contributed by atoms with Crippen LogP contribution in [0.5, 0.6) is 5.75 Å². The highest BCUT2D eigenvalue weighted by molar-refractivity contribution is 7.90. The molecular formula is C32H39ClN2O5S. The normalized spacial score (nSPS) is 31.7. The highest BCUT2D eigenvalue weighted by Crippen LogP contribution is 2.47. The second-order valence-electron chi connectivity index (χ2n) is 12.2. The van der Waals surface area contributed by atoms with Crippen molar-refractivity contribution in [1.29, 1.82) is 0 Å². The van der Waals surface area contributed by atoms with Crippen molar-refractivity contribution >= 4 is 33.2 Å². The number of sulfonamides is 1. The Balaban J connectivity index is 1.44. The molecule has 220 valence electrons. The number of hydrogen-bond donors (Lipinski definition) is 1. The van der Waals surface area contributed by atoms with E-state index < -0.39 is 21.2 Å². The maximum absolute atomic E-state index is 13.3. The molecule has 9 heteroatoms. The molecule has 2 aromatic rings. The number of amides is 1. The van der Waals surface area contributed by atoms with Crippen molar-refractivity contribution < 1.29 is 22.7 Å². The largest absolute Gasteiger partial charge is 0.490 e. The fourth-order valence-electron chi connectivity index (χ4n) is 7.34. The maximum atomic E-state index is 13.3. The summed E-state index contributed by atoms with van der Waals surface area (Å²) in [6.45, 7) is 3.91. The van der Waals surface area contributed by atoms with Crippen molar-refractivity contribution in [2.24, 2.45) is 11.8 Å². The number of fused-ring (bicyclic) bond motifs is 4. The number of allylic oxidation sites excluding steroid dienone is 1. The van der Waals surface area contributed by atoms with Gasteiger partial charge in [0.2, 0.25) is 10.0 Å². The lowest BCUT2D eigenvalue weighted by Gasteiger charge is -2.46. The van der Waals surface area contributed by atoms with Gasteiger partial charge >= 0.3 is 0 Å². The average molecular weight is 599 g/mol. The number of halogens is 1. The standard InChI is InChI=1S/C32H39ClN2O5S/c1-3-25-7-4-8-29(39-2)26-12-9-23(26)18-35-19-32(15-5-6-21-16-24(33)11-13-27(21)32)20-40-30-14-10-22(17-28(30)35)31(36)34-41(25,37)38/h4,8,10-11,13-14,16-17,23,25-26,29H,3,5-7,9,12,15,18-20H2,1-2H3,(H,34,36)/b8-4-/t23-,25+,26+,29-,32-/m0/s1. The van der Waals surface area contributed by atoms with E-state index in [1.54, 1.807) is 13.2 Å². The van der Waals surface area contributed by atoms with Crippen LogP contribution in [0.4, 0.5) is 5.69 Å². The van der Waals surface area contributed by atoms with E-state index in [-0.39, 0.29) is 11.5 Å². The van der Waals surface area contributed by atoms with Crippen molar-refractivity contribution in [3.8, 4) is 5.75 Å². The number of benzene rings is 2. The second kappa shape index (κ2) is 11.3. The van der Waals surface area contributed by atoms with Crippen LogP contribution in [-0.4, -0.2) is 52.5 Å². The predicted molar refractivity (Wildman–Crippen MR) is 161 cm³/mol. The number of rotatable bonds is 2. The van der Waals surface area contributed by atoms with Gasteiger partial charge in [-0.15, -0.1) is 0 Å². The minimum absolute atomic E-state index is 0.0887. The van der Waals surface area contributed by atoms with E-state index in [1.807, 2.05) is 37.3 Å². The lowest BCUT2D eigenvalue weighted by Crippen LogP contribution is -2.49. The lowest BCUT2D eigenvalue weighted by molar-refractivity contribution is 0.0132.